The Hall–Kier alpha value is -1.10. The fraction of sp³-hybridized carbons (Fsp3) is 0.867. The second-order valence-electron chi connectivity index (χ2n) is 6.01. The van der Waals surface area contributed by atoms with E-state index in [1.54, 1.807) is 4.90 Å². The number of nitrogens with one attached hydrogen (secondary N) is 1. The van der Waals surface area contributed by atoms with Crippen LogP contribution in [0, 0.1) is 5.92 Å². The lowest BCUT2D eigenvalue weighted by atomic mass is 9.77. The Kier molecular flexibility index (Phi) is 5.40. The van der Waals surface area contributed by atoms with E-state index in [-0.39, 0.29) is 18.4 Å². The summed E-state index contributed by atoms with van der Waals surface area (Å²) in [7, 11) is 0. The van der Waals surface area contributed by atoms with Gasteiger partial charge in [-0.15, -0.1) is 0 Å². The molecular formula is C15H26N2O3. The average Bonchev–Trinajstić information content (AvgIpc) is 2.47. The summed E-state index contributed by atoms with van der Waals surface area (Å²) < 4.78 is 0. The first-order chi connectivity index (χ1) is 9.61. The SMILES string of the molecule is CCN(CCC(=O)O)C(=O)C1CCC2CCCCC2N1. The molecule has 114 valence electrons. The van der Waals surface area contributed by atoms with E-state index in [2.05, 4.69) is 5.32 Å². The van der Waals surface area contributed by atoms with Crippen molar-refractivity contribution in [3.05, 3.63) is 0 Å². The minimum absolute atomic E-state index is 0.0261. The predicted molar refractivity (Wildman–Crippen MR) is 76.4 cm³/mol. The van der Waals surface area contributed by atoms with E-state index < -0.39 is 5.97 Å². The van der Waals surface area contributed by atoms with Crippen LogP contribution in [0.2, 0.25) is 0 Å². The molecule has 2 N–H and O–H groups in total. The number of hydrogen-bond acceptors (Lipinski definition) is 3. The fourth-order valence-corrected chi connectivity index (χ4v) is 3.56. The Bertz CT molecular complexity index is 359. The monoisotopic (exact) mass is 282 g/mol. The van der Waals surface area contributed by atoms with Gasteiger partial charge in [0.1, 0.15) is 0 Å². The van der Waals surface area contributed by atoms with Gasteiger partial charge in [-0.1, -0.05) is 12.8 Å². The third kappa shape index (κ3) is 3.72. The van der Waals surface area contributed by atoms with Crippen LogP contribution in [-0.4, -0.2) is 47.1 Å². The predicted octanol–water partition coefficient (Wildman–Crippen LogP) is 1.62. The van der Waals surface area contributed by atoms with Gasteiger partial charge in [-0.2, -0.15) is 0 Å². The van der Waals surface area contributed by atoms with Crippen LogP contribution in [0.15, 0.2) is 0 Å². The summed E-state index contributed by atoms with van der Waals surface area (Å²) in [6.45, 7) is 2.81. The summed E-state index contributed by atoms with van der Waals surface area (Å²) >= 11 is 0. The molecule has 5 nitrogen and oxygen atoms in total. The molecule has 1 saturated carbocycles. The number of carbonyl (C=O) groups excluding carboxylic acids is 1. The van der Waals surface area contributed by atoms with Crippen molar-refractivity contribution in [2.24, 2.45) is 5.92 Å². The van der Waals surface area contributed by atoms with Crippen LogP contribution < -0.4 is 5.32 Å². The molecule has 5 heteroatoms. The molecule has 1 saturated heterocycles. The van der Waals surface area contributed by atoms with Crippen LogP contribution in [0.4, 0.5) is 0 Å². The highest BCUT2D eigenvalue weighted by molar-refractivity contribution is 5.82. The number of carboxylic acids is 1. The molecule has 20 heavy (non-hydrogen) atoms. The van der Waals surface area contributed by atoms with Crippen LogP contribution in [-0.2, 0) is 9.59 Å². The second kappa shape index (κ2) is 7.07. The van der Waals surface area contributed by atoms with Gasteiger partial charge in [0.25, 0.3) is 0 Å². The van der Waals surface area contributed by atoms with E-state index in [1.807, 2.05) is 6.92 Å². The molecule has 3 atom stereocenters. The lowest BCUT2D eigenvalue weighted by Gasteiger charge is -2.41. The molecule has 2 aliphatic rings. The summed E-state index contributed by atoms with van der Waals surface area (Å²) in [5.74, 6) is -0.0279. The topological polar surface area (TPSA) is 69.6 Å². The van der Waals surface area contributed by atoms with Crippen molar-refractivity contribution in [3.8, 4) is 0 Å². The Labute approximate surface area is 120 Å². The minimum Gasteiger partial charge on any atom is -0.481 e. The first kappa shape index (κ1) is 15.3. The lowest BCUT2D eigenvalue weighted by Crippen LogP contribution is -2.55. The lowest BCUT2D eigenvalue weighted by molar-refractivity contribution is -0.139. The summed E-state index contributed by atoms with van der Waals surface area (Å²) in [6.07, 6.45) is 7.09. The standard InChI is InChI=1S/C15H26N2O3/c1-2-17(10-9-14(18)19)15(20)13-8-7-11-5-3-4-6-12(11)16-13/h11-13,16H,2-10H2,1H3,(H,18,19). The number of hydrogen-bond donors (Lipinski definition) is 2. The van der Waals surface area contributed by atoms with E-state index in [0.29, 0.717) is 19.1 Å². The molecule has 2 rings (SSSR count). The molecule has 2 fully saturated rings. The molecular weight excluding hydrogens is 256 g/mol. The molecule has 1 aliphatic carbocycles. The van der Waals surface area contributed by atoms with Gasteiger partial charge in [-0.3, -0.25) is 9.59 Å². The number of piperidine rings is 1. The van der Waals surface area contributed by atoms with E-state index >= 15 is 0 Å². The second-order valence-corrected chi connectivity index (χ2v) is 6.01. The van der Waals surface area contributed by atoms with Gasteiger partial charge in [-0.25, -0.2) is 0 Å². The van der Waals surface area contributed by atoms with Crippen LogP contribution in [0.25, 0.3) is 0 Å². The number of amides is 1. The molecule has 0 aromatic heterocycles. The van der Waals surface area contributed by atoms with Gasteiger partial charge in [0.15, 0.2) is 0 Å². The van der Waals surface area contributed by atoms with Gasteiger partial charge < -0.3 is 15.3 Å². The molecule has 3 unspecified atom stereocenters. The zero-order valence-corrected chi connectivity index (χ0v) is 12.3. The Morgan fingerprint density at radius 2 is 1.95 bits per heavy atom. The summed E-state index contributed by atoms with van der Waals surface area (Å²) in [5.41, 5.74) is 0. The van der Waals surface area contributed by atoms with Gasteiger partial charge in [-0.05, 0) is 38.5 Å². The molecule has 0 spiro atoms. The van der Waals surface area contributed by atoms with Crippen molar-refractivity contribution < 1.29 is 14.7 Å². The summed E-state index contributed by atoms with van der Waals surface area (Å²) in [6, 6.07) is 0.382. The first-order valence-electron chi connectivity index (χ1n) is 7.88. The number of carbonyl (C=O) groups is 2. The van der Waals surface area contributed by atoms with Gasteiger partial charge in [0.05, 0.1) is 12.5 Å². The zero-order valence-electron chi connectivity index (χ0n) is 12.3. The maximum absolute atomic E-state index is 12.5. The van der Waals surface area contributed by atoms with Crippen molar-refractivity contribution in [3.63, 3.8) is 0 Å². The quantitative estimate of drug-likeness (QED) is 0.804. The average molecular weight is 282 g/mol. The Morgan fingerprint density at radius 1 is 1.20 bits per heavy atom. The molecule has 1 heterocycles. The molecule has 0 aromatic carbocycles. The minimum atomic E-state index is -0.847. The van der Waals surface area contributed by atoms with Gasteiger partial charge in [0, 0.05) is 19.1 Å². The third-order valence-electron chi connectivity index (χ3n) is 4.74. The normalized spacial score (nSPS) is 29.6. The maximum Gasteiger partial charge on any atom is 0.305 e. The molecule has 0 bridgehead atoms. The molecule has 0 aromatic rings. The van der Waals surface area contributed by atoms with Crippen molar-refractivity contribution in [2.75, 3.05) is 13.1 Å². The smallest absolute Gasteiger partial charge is 0.305 e. The first-order valence-corrected chi connectivity index (χ1v) is 7.88. The van der Waals surface area contributed by atoms with Crippen LogP contribution in [0.1, 0.15) is 51.9 Å². The van der Waals surface area contributed by atoms with Crippen LogP contribution in [0.3, 0.4) is 0 Å². The van der Waals surface area contributed by atoms with Crippen molar-refractivity contribution in [1.29, 1.82) is 0 Å². The van der Waals surface area contributed by atoms with Gasteiger partial charge in [0.2, 0.25) is 5.91 Å². The summed E-state index contributed by atoms with van der Waals surface area (Å²) in [5, 5.41) is 12.3. The van der Waals surface area contributed by atoms with Crippen LogP contribution >= 0.6 is 0 Å². The summed E-state index contributed by atoms with van der Waals surface area (Å²) in [4.78, 5) is 24.8. The molecule has 0 radical (unpaired) electrons. The van der Waals surface area contributed by atoms with E-state index in [9.17, 15) is 9.59 Å². The number of rotatable bonds is 5. The Morgan fingerprint density at radius 3 is 2.65 bits per heavy atom. The number of nitrogens with zero attached hydrogens (tertiary/aromatic N) is 1. The molecule has 1 amide bonds. The highest BCUT2D eigenvalue weighted by Gasteiger charge is 2.35. The van der Waals surface area contributed by atoms with Crippen molar-refractivity contribution >= 4 is 11.9 Å². The maximum atomic E-state index is 12.5. The number of aliphatic carboxylic acids is 1. The third-order valence-corrected chi connectivity index (χ3v) is 4.74. The zero-order chi connectivity index (χ0) is 14.5. The van der Waals surface area contributed by atoms with E-state index in [4.69, 9.17) is 5.11 Å². The number of fused-ring (bicyclic) bond motifs is 1. The van der Waals surface area contributed by atoms with Crippen LogP contribution in [0.5, 0.6) is 0 Å². The highest BCUT2D eigenvalue weighted by Crippen LogP contribution is 2.32. The fourth-order valence-electron chi connectivity index (χ4n) is 3.56. The highest BCUT2D eigenvalue weighted by atomic mass is 16.4. The van der Waals surface area contributed by atoms with Crippen molar-refractivity contribution in [1.82, 2.24) is 10.2 Å². The van der Waals surface area contributed by atoms with E-state index in [1.165, 1.54) is 25.7 Å². The molecule has 1 aliphatic heterocycles. The number of carboxylic acid groups (broad SMARTS) is 1. The van der Waals surface area contributed by atoms with Gasteiger partial charge >= 0.3 is 5.97 Å². The Balaban J connectivity index is 1.89. The largest absolute Gasteiger partial charge is 0.481 e. The van der Waals surface area contributed by atoms with Crippen molar-refractivity contribution in [2.45, 2.75) is 64.0 Å². The van der Waals surface area contributed by atoms with E-state index in [0.717, 1.165) is 18.8 Å². The number of likely N-dealkylation sites (N-methyl/N-ethyl adjacent to an activating group) is 1.